The summed E-state index contributed by atoms with van der Waals surface area (Å²) in [5, 5.41) is 9.06. The van der Waals surface area contributed by atoms with Crippen molar-refractivity contribution in [2.24, 2.45) is 0 Å². The molecule has 1 heterocycles. The molecular formula is C19H19N3O7. The second-order valence-electron chi connectivity index (χ2n) is 5.84. The fourth-order valence-corrected chi connectivity index (χ4v) is 2.20. The summed E-state index contributed by atoms with van der Waals surface area (Å²) in [7, 11) is 0. The Hall–Kier alpha value is -3.82. The van der Waals surface area contributed by atoms with Crippen LogP contribution in [0, 0.1) is 30.9 Å². The first kappa shape index (κ1) is 21.5. The van der Waals surface area contributed by atoms with Crippen LogP contribution in [0.1, 0.15) is 33.1 Å². The lowest BCUT2D eigenvalue weighted by Gasteiger charge is -2.06. The smallest absolute Gasteiger partial charge is 0.338 e. The molecule has 29 heavy (non-hydrogen) atoms. The van der Waals surface area contributed by atoms with E-state index in [0.29, 0.717) is 11.4 Å². The number of esters is 2. The van der Waals surface area contributed by atoms with Gasteiger partial charge in [0.25, 0.3) is 5.09 Å². The van der Waals surface area contributed by atoms with Gasteiger partial charge in [-0.2, -0.15) is 0 Å². The molecule has 1 aromatic carbocycles. The topological polar surface area (TPSA) is 131 Å². The van der Waals surface area contributed by atoms with Crippen molar-refractivity contribution in [2.75, 3.05) is 13.2 Å². The van der Waals surface area contributed by atoms with E-state index in [9.17, 15) is 19.7 Å². The van der Waals surface area contributed by atoms with E-state index in [2.05, 4.69) is 14.8 Å². The third-order valence-corrected chi connectivity index (χ3v) is 3.70. The molecule has 2 aromatic rings. The maximum absolute atomic E-state index is 12.1. The number of hydrogen-bond donors (Lipinski definition) is 0. The van der Waals surface area contributed by atoms with Crippen molar-refractivity contribution < 1.29 is 29.0 Å². The predicted octanol–water partition coefficient (Wildman–Crippen LogP) is 2.39. The Morgan fingerprint density at radius 2 is 1.83 bits per heavy atom. The molecular weight excluding hydrogens is 382 g/mol. The number of nitrogens with zero attached hydrogens (tertiary/aromatic N) is 3. The van der Waals surface area contributed by atoms with Crippen LogP contribution in [-0.4, -0.2) is 40.2 Å². The van der Waals surface area contributed by atoms with E-state index < -0.39 is 17.0 Å². The third kappa shape index (κ3) is 6.69. The van der Waals surface area contributed by atoms with Crippen LogP contribution >= 0.6 is 0 Å². The maximum atomic E-state index is 12.1. The standard InChI is InChI=1S/C19H19N3O7/c1-12-13(2)21-17(14(3)20-12)7-8-18(23)29-16-6-4-5-15(11-16)19(24)27-9-10-28-22(25)26/h4-8,11H,9-10H2,1-3H3/b8-7+. The van der Waals surface area contributed by atoms with Crippen molar-refractivity contribution in [2.45, 2.75) is 20.8 Å². The van der Waals surface area contributed by atoms with E-state index in [1.54, 1.807) is 6.92 Å². The number of aromatic nitrogens is 2. The van der Waals surface area contributed by atoms with Gasteiger partial charge in [0, 0.05) is 6.08 Å². The van der Waals surface area contributed by atoms with Crippen molar-refractivity contribution in [1.82, 2.24) is 9.97 Å². The number of benzene rings is 1. The zero-order chi connectivity index (χ0) is 21.4. The van der Waals surface area contributed by atoms with Crippen molar-refractivity contribution >= 4 is 18.0 Å². The van der Waals surface area contributed by atoms with Crippen LogP contribution in [0.25, 0.3) is 6.08 Å². The van der Waals surface area contributed by atoms with Gasteiger partial charge in [0.1, 0.15) is 19.0 Å². The highest BCUT2D eigenvalue weighted by Crippen LogP contribution is 2.15. The number of ether oxygens (including phenoxy) is 2. The SMILES string of the molecule is Cc1nc(C)c(/C=C/C(=O)Oc2cccc(C(=O)OCCO[N+](=O)[O-])c2)nc1C. The first-order valence-corrected chi connectivity index (χ1v) is 8.52. The van der Waals surface area contributed by atoms with E-state index in [1.165, 1.54) is 36.4 Å². The fourth-order valence-electron chi connectivity index (χ4n) is 2.20. The Morgan fingerprint density at radius 3 is 2.55 bits per heavy atom. The van der Waals surface area contributed by atoms with Gasteiger partial charge in [-0.05, 0) is 45.0 Å². The normalized spacial score (nSPS) is 10.6. The second kappa shape index (κ2) is 9.93. The molecule has 0 spiro atoms. The Labute approximate surface area is 166 Å². The highest BCUT2D eigenvalue weighted by atomic mass is 17.0. The molecule has 0 aliphatic heterocycles. The number of carbonyl (C=O) groups excluding carboxylic acids is 2. The number of aryl methyl sites for hydroxylation is 3. The molecule has 0 aliphatic rings. The molecule has 0 fully saturated rings. The Morgan fingerprint density at radius 1 is 1.10 bits per heavy atom. The summed E-state index contributed by atoms with van der Waals surface area (Å²) in [6.45, 7) is 4.80. The van der Waals surface area contributed by atoms with Gasteiger partial charge >= 0.3 is 11.9 Å². The van der Waals surface area contributed by atoms with E-state index in [4.69, 9.17) is 9.47 Å². The largest absolute Gasteiger partial charge is 0.460 e. The van der Waals surface area contributed by atoms with Crippen LogP contribution < -0.4 is 4.74 Å². The summed E-state index contributed by atoms with van der Waals surface area (Å²) >= 11 is 0. The van der Waals surface area contributed by atoms with E-state index in [1.807, 2.05) is 13.8 Å². The summed E-state index contributed by atoms with van der Waals surface area (Å²) in [5.41, 5.74) is 2.94. The van der Waals surface area contributed by atoms with Gasteiger partial charge in [0.15, 0.2) is 0 Å². The molecule has 0 saturated heterocycles. The van der Waals surface area contributed by atoms with Gasteiger partial charge in [0.05, 0.1) is 28.3 Å². The zero-order valence-corrected chi connectivity index (χ0v) is 16.1. The van der Waals surface area contributed by atoms with Crippen LogP contribution in [0.3, 0.4) is 0 Å². The van der Waals surface area contributed by atoms with E-state index >= 15 is 0 Å². The quantitative estimate of drug-likeness (QED) is 0.163. The van der Waals surface area contributed by atoms with Crippen molar-refractivity contribution in [3.8, 4) is 5.75 Å². The molecule has 0 radical (unpaired) electrons. The van der Waals surface area contributed by atoms with Gasteiger partial charge in [-0.25, -0.2) is 14.6 Å². The van der Waals surface area contributed by atoms with Crippen LogP contribution in [0.4, 0.5) is 0 Å². The fraction of sp³-hybridized carbons (Fsp3) is 0.263. The monoisotopic (exact) mass is 401 g/mol. The molecule has 0 bridgehead atoms. The summed E-state index contributed by atoms with van der Waals surface area (Å²) in [5.74, 6) is -1.25. The van der Waals surface area contributed by atoms with Crippen molar-refractivity contribution in [3.05, 3.63) is 68.8 Å². The van der Waals surface area contributed by atoms with Gasteiger partial charge in [-0.3, -0.25) is 4.98 Å². The van der Waals surface area contributed by atoms with Crippen molar-refractivity contribution in [3.63, 3.8) is 0 Å². The first-order chi connectivity index (χ1) is 13.8. The molecule has 2 rings (SSSR count). The lowest BCUT2D eigenvalue weighted by atomic mass is 10.2. The molecule has 0 atom stereocenters. The molecule has 0 unspecified atom stereocenters. The van der Waals surface area contributed by atoms with Gasteiger partial charge in [0.2, 0.25) is 0 Å². The van der Waals surface area contributed by atoms with Gasteiger partial charge in [-0.15, -0.1) is 10.1 Å². The highest BCUT2D eigenvalue weighted by Gasteiger charge is 2.10. The van der Waals surface area contributed by atoms with E-state index in [-0.39, 0.29) is 24.5 Å². The first-order valence-electron chi connectivity index (χ1n) is 8.52. The second-order valence-corrected chi connectivity index (χ2v) is 5.84. The number of rotatable bonds is 8. The maximum Gasteiger partial charge on any atom is 0.338 e. The molecule has 10 heteroatoms. The third-order valence-electron chi connectivity index (χ3n) is 3.70. The average molecular weight is 401 g/mol. The van der Waals surface area contributed by atoms with Crippen LogP contribution in [0.2, 0.25) is 0 Å². The number of hydrogen-bond acceptors (Lipinski definition) is 9. The molecule has 0 aliphatic carbocycles. The Bertz CT molecular complexity index is 957. The molecule has 152 valence electrons. The predicted molar refractivity (Wildman–Crippen MR) is 101 cm³/mol. The summed E-state index contributed by atoms with van der Waals surface area (Å²) in [6, 6.07) is 5.79. The lowest BCUT2D eigenvalue weighted by Crippen LogP contribution is -2.13. The molecule has 10 nitrogen and oxygen atoms in total. The van der Waals surface area contributed by atoms with Crippen LogP contribution in [0.15, 0.2) is 30.3 Å². The number of carbonyl (C=O) groups is 2. The average Bonchev–Trinajstić information content (AvgIpc) is 2.67. The molecule has 0 saturated carbocycles. The molecule has 1 aromatic heterocycles. The van der Waals surface area contributed by atoms with Crippen LogP contribution in [-0.2, 0) is 14.4 Å². The Balaban J connectivity index is 1.97. The zero-order valence-electron chi connectivity index (χ0n) is 16.1. The van der Waals surface area contributed by atoms with Crippen molar-refractivity contribution in [1.29, 1.82) is 0 Å². The minimum Gasteiger partial charge on any atom is -0.460 e. The summed E-state index contributed by atoms with van der Waals surface area (Å²) in [6.07, 6.45) is 2.72. The highest BCUT2D eigenvalue weighted by molar-refractivity contribution is 5.91. The van der Waals surface area contributed by atoms with Crippen LogP contribution in [0.5, 0.6) is 5.75 Å². The summed E-state index contributed by atoms with van der Waals surface area (Å²) < 4.78 is 10.0. The molecule has 0 amide bonds. The van der Waals surface area contributed by atoms with Gasteiger partial charge in [-0.1, -0.05) is 6.07 Å². The molecule has 0 N–H and O–H groups in total. The minimum atomic E-state index is -0.980. The summed E-state index contributed by atoms with van der Waals surface area (Å²) in [4.78, 5) is 46.8. The Kier molecular flexibility index (Phi) is 7.35. The minimum absolute atomic E-state index is 0.122. The lowest BCUT2D eigenvalue weighted by molar-refractivity contribution is -0.757. The van der Waals surface area contributed by atoms with E-state index in [0.717, 1.165) is 11.4 Å². The van der Waals surface area contributed by atoms with Gasteiger partial charge < -0.3 is 14.3 Å².